The fourth-order valence-electron chi connectivity index (χ4n) is 4.70. The van der Waals surface area contributed by atoms with E-state index in [-0.39, 0.29) is 11.6 Å². The Bertz CT molecular complexity index is 642. The fourth-order valence-corrected chi connectivity index (χ4v) is 4.70. The molecule has 2 saturated heterocycles. The van der Waals surface area contributed by atoms with Crippen LogP contribution in [-0.4, -0.2) is 72.7 Å². The van der Waals surface area contributed by atoms with Crippen LogP contribution in [0.25, 0.3) is 0 Å². The Balaban J connectivity index is 1.75. The van der Waals surface area contributed by atoms with E-state index >= 15 is 0 Å². The number of carbonyl (C=O) groups excluding carboxylic acids is 1. The molecule has 5 nitrogen and oxygen atoms in total. The van der Waals surface area contributed by atoms with Gasteiger partial charge >= 0.3 is 6.09 Å². The molecule has 1 atom stereocenters. The van der Waals surface area contributed by atoms with Gasteiger partial charge in [-0.2, -0.15) is 0 Å². The second-order valence-corrected chi connectivity index (χ2v) is 9.55. The van der Waals surface area contributed by atoms with Crippen LogP contribution < -0.4 is 0 Å². The summed E-state index contributed by atoms with van der Waals surface area (Å²) in [5.74, 6) is 0.624. The minimum Gasteiger partial charge on any atom is -0.444 e. The first-order valence-corrected chi connectivity index (χ1v) is 10.7. The summed E-state index contributed by atoms with van der Waals surface area (Å²) in [6.45, 7) is 13.7. The van der Waals surface area contributed by atoms with Crippen LogP contribution in [0.3, 0.4) is 0 Å². The molecule has 0 N–H and O–H groups in total. The molecule has 2 heterocycles. The Morgan fingerprint density at radius 3 is 2.04 bits per heavy atom. The van der Waals surface area contributed by atoms with Gasteiger partial charge in [-0.05, 0) is 72.2 Å². The van der Waals surface area contributed by atoms with Crippen LogP contribution in [0.4, 0.5) is 4.79 Å². The molecule has 28 heavy (non-hydrogen) atoms. The van der Waals surface area contributed by atoms with E-state index in [1.54, 1.807) is 0 Å². The van der Waals surface area contributed by atoms with E-state index in [4.69, 9.17) is 4.74 Å². The predicted octanol–water partition coefficient (Wildman–Crippen LogP) is 3.80. The van der Waals surface area contributed by atoms with Crippen molar-refractivity contribution in [2.75, 3.05) is 46.3 Å². The van der Waals surface area contributed by atoms with Crippen molar-refractivity contribution in [2.45, 2.75) is 51.7 Å². The molecule has 0 bridgehead atoms. The zero-order chi connectivity index (χ0) is 20.4. The summed E-state index contributed by atoms with van der Waals surface area (Å²) in [5.41, 5.74) is 0.957. The van der Waals surface area contributed by atoms with Crippen molar-refractivity contribution in [3.05, 3.63) is 35.9 Å². The van der Waals surface area contributed by atoms with E-state index in [2.05, 4.69) is 54.1 Å². The molecule has 0 aliphatic carbocycles. The van der Waals surface area contributed by atoms with Crippen molar-refractivity contribution in [2.24, 2.45) is 5.92 Å². The van der Waals surface area contributed by atoms with Crippen LogP contribution in [0.5, 0.6) is 0 Å². The largest absolute Gasteiger partial charge is 0.444 e. The molecule has 5 heteroatoms. The first-order valence-electron chi connectivity index (χ1n) is 10.7. The molecule has 1 unspecified atom stereocenters. The van der Waals surface area contributed by atoms with Crippen molar-refractivity contribution >= 4 is 6.09 Å². The maximum absolute atomic E-state index is 12.5. The standard InChI is InChI=1S/C23H37N3O2/c1-22(2,3)28-21(27)25-15-17-26(18-16-25)23(4,19-9-7-6-8-10-19)20-11-13-24(5)14-12-20/h6-10,20H,11-18H2,1-5H3. The number of ether oxygens (including phenoxy) is 1. The maximum atomic E-state index is 12.5. The third-order valence-electron chi connectivity index (χ3n) is 6.46. The maximum Gasteiger partial charge on any atom is 0.410 e. The first kappa shape index (κ1) is 21.1. The Morgan fingerprint density at radius 2 is 1.50 bits per heavy atom. The van der Waals surface area contributed by atoms with Crippen molar-refractivity contribution < 1.29 is 9.53 Å². The molecular formula is C23H37N3O2. The van der Waals surface area contributed by atoms with E-state index in [1.165, 1.54) is 18.4 Å². The van der Waals surface area contributed by atoms with Crippen LogP contribution in [0.1, 0.15) is 46.1 Å². The topological polar surface area (TPSA) is 36.0 Å². The number of hydrogen-bond acceptors (Lipinski definition) is 4. The van der Waals surface area contributed by atoms with Gasteiger partial charge in [-0.25, -0.2) is 4.79 Å². The number of rotatable bonds is 3. The van der Waals surface area contributed by atoms with Crippen LogP contribution in [0.15, 0.2) is 30.3 Å². The molecule has 0 saturated carbocycles. The van der Waals surface area contributed by atoms with Gasteiger partial charge in [0.05, 0.1) is 0 Å². The molecular weight excluding hydrogens is 350 g/mol. The average molecular weight is 388 g/mol. The van der Waals surface area contributed by atoms with Crippen molar-refractivity contribution in [3.8, 4) is 0 Å². The van der Waals surface area contributed by atoms with Crippen LogP contribution >= 0.6 is 0 Å². The third-order valence-corrected chi connectivity index (χ3v) is 6.46. The van der Waals surface area contributed by atoms with Crippen LogP contribution in [-0.2, 0) is 10.3 Å². The Kier molecular flexibility index (Phi) is 6.35. The Morgan fingerprint density at radius 1 is 0.929 bits per heavy atom. The average Bonchev–Trinajstić information content (AvgIpc) is 2.67. The van der Waals surface area contributed by atoms with Gasteiger partial charge in [0, 0.05) is 31.7 Å². The van der Waals surface area contributed by atoms with Crippen molar-refractivity contribution in [3.63, 3.8) is 0 Å². The van der Waals surface area contributed by atoms with E-state index < -0.39 is 5.60 Å². The highest BCUT2D eigenvalue weighted by Crippen LogP contribution is 2.41. The van der Waals surface area contributed by atoms with Gasteiger partial charge in [-0.15, -0.1) is 0 Å². The van der Waals surface area contributed by atoms with Crippen LogP contribution in [0.2, 0.25) is 0 Å². The highest BCUT2D eigenvalue weighted by molar-refractivity contribution is 5.68. The minimum absolute atomic E-state index is 0.00252. The lowest BCUT2D eigenvalue weighted by Crippen LogP contribution is -2.59. The number of piperidine rings is 1. The molecule has 3 rings (SSSR count). The van der Waals surface area contributed by atoms with Crippen molar-refractivity contribution in [1.29, 1.82) is 0 Å². The SMILES string of the molecule is CN1CCC(C(C)(c2ccccc2)N2CCN(C(=O)OC(C)(C)C)CC2)CC1. The van der Waals surface area contributed by atoms with Gasteiger partial charge in [0.15, 0.2) is 0 Å². The minimum atomic E-state index is -0.444. The number of benzene rings is 1. The lowest BCUT2D eigenvalue weighted by molar-refractivity contribution is -0.0283. The summed E-state index contributed by atoms with van der Waals surface area (Å²) >= 11 is 0. The van der Waals surface area contributed by atoms with Crippen molar-refractivity contribution in [1.82, 2.24) is 14.7 Å². The highest BCUT2D eigenvalue weighted by atomic mass is 16.6. The Hall–Kier alpha value is -1.59. The number of hydrogen-bond donors (Lipinski definition) is 0. The summed E-state index contributed by atoms with van der Waals surface area (Å²) in [6.07, 6.45) is 2.25. The van der Waals surface area contributed by atoms with E-state index in [1.807, 2.05) is 25.7 Å². The first-order chi connectivity index (χ1) is 13.2. The monoisotopic (exact) mass is 387 g/mol. The van der Waals surface area contributed by atoms with E-state index in [9.17, 15) is 4.79 Å². The highest BCUT2D eigenvalue weighted by Gasteiger charge is 2.43. The van der Waals surface area contributed by atoms with E-state index in [0.717, 1.165) is 39.3 Å². The number of nitrogens with zero attached hydrogens (tertiary/aromatic N) is 3. The molecule has 0 radical (unpaired) electrons. The number of likely N-dealkylation sites (tertiary alicyclic amines) is 1. The molecule has 156 valence electrons. The molecule has 1 amide bonds. The van der Waals surface area contributed by atoms with Gasteiger partial charge in [0.2, 0.25) is 0 Å². The number of carbonyl (C=O) groups is 1. The summed E-state index contributed by atoms with van der Waals surface area (Å²) in [4.78, 5) is 19.4. The van der Waals surface area contributed by atoms with E-state index in [0.29, 0.717) is 5.92 Å². The second kappa shape index (κ2) is 8.42. The van der Waals surface area contributed by atoms with Gasteiger partial charge in [0.25, 0.3) is 0 Å². The lowest BCUT2D eigenvalue weighted by atomic mass is 9.73. The lowest BCUT2D eigenvalue weighted by Gasteiger charge is -2.52. The van der Waals surface area contributed by atoms with Gasteiger partial charge in [0.1, 0.15) is 5.60 Å². The third kappa shape index (κ3) is 4.69. The summed E-state index contributed by atoms with van der Waals surface area (Å²) < 4.78 is 5.57. The summed E-state index contributed by atoms with van der Waals surface area (Å²) in [7, 11) is 2.22. The Labute approximate surface area is 170 Å². The number of amides is 1. The van der Waals surface area contributed by atoms with Gasteiger partial charge in [-0.1, -0.05) is 30.3 Å². The quantitative estimate of drug-likeness (QED) is 0.790. The smallest absolute Gasteiger partial charge is 0.410 e. The summed E-state index contributed by atoms with van der Waals surface area (Å²) in [5, 5.41) is 0. The predicted molar refractivity (Wildman–Crippen MR) is 113 cm³/mol. The van der Waals surface area contributed by atoms with Gasteiger partial charge < -0.3 is 14.5 Å². The molecule has 2 aliphatic heterocycles. The number of piperazine rings is 1. The molecule has 0 aromatic heterocycles. The molecule has 0 spiro atoms. The zero-order valence-corrected chi connectivity index (χ0v) is 18.3. The molecule has 1 aromatic carbocycles. The van der Waals surface area contributed by atoms with Gasteiger partial charge in [-0.3, -0.25) is 4.90 Å². The second-order valence-electron chi connectivity index (χ2n) is 9.55. The fraction of sp³-hybridized carbons (Fsp3) is 0.696. The van der Waals surface area contributed by atoms with Crippen LogP contribution in [0, 0.1) is 5.92 Å². The zero-order valence-electron chi connectivity index (χ0n) is 18.3. The molecule has 2 fully saturated rings. The summed E-state index contributed by atoms with van der Waals surface area (Å²) in [6, 6.07) is 11.0. The molecule has 1 aromatic rings. The molecule has 2 aliphatic rings. The normalized spacial score (nSPS) is 22.7.